The van der Waals surface area contributed by atoms with Crippen LogP contribution in [-0.4, -0.2) is 34.6 Å². The van der Waals surface area contributed by atoms with Gasteiger partial charge in [-0.3, -0.25) is 9.59 Å². The van der Waals surface area contributed by atoms with Crippen molar-refractivity contribution in [3.63, 3.8) is 0 Å². The smallest absolute Gasteiger partial charge is 0.243 e. The van der Waals surface area contributed by atoms with Gasteiger partial charge in [0, 0.05) is 24.8 Å². The number of thioether (sulfide) groups is 1. The highest BCUT2D eigenvalue weighted by Crippen LogP contribution is 2.21. The number of aryl methyl sites for hydroxylation is 1. The van der Waals surface area contributed by atoms with E-state index < -0.39 is 6.04 Å². The van der Waals surface area contributed by atoms with Gasteiger partial charge < -0.3 is 10.2 Å². The van der Waals surface area contributed by atoms with Crippen molar-refractivity contribution in [2.45, 2.75) is 58.0 Å². The van der Waals surface area contributed by atoms with E-state index in [1.165, 1.54) is 17.8 Å². The van der Waals surface area contributed by atoms with Crippen molar-refractivity contribution < 1.29 is 14.0 Å². The van der Waals surface area contributed by atoms with Crippen molar-refractivity contribution in [1.29, 1.82) is 0 Å². The maximum atomic E-state index is 14.1. The van der Waals surface area contributed by atoms with Gasteiger partial charge in [-0.25, -0.2) is 4.39 Å². The summed E-state index contributed by atoms with van der Waals surface area (Å²) in [5.41, 5.74) is 3.62. The Morgan fingerprint density at radius 2 is 1.58 bits per heavy atom. The summed E-state index contributed by atoms with van der Waals surface area (Å²) in [5.74, 6) is -0.0283. The van der Waals surface area contributed by atoms with Crippen molar-refractivity contribution >= 4 is 23.6 Å². The van der Waals surface area contributed by atoms with E-state index in [1.807, 2.05) is 75.4 Å². The molecule has 0 aliphatic heterocycles. The van der Waals surface area contributed by atoms with Crippen LogP contribution in [0.4, 0.5) is 4.39 Å². The van der Waals surface area contributed by atoms with E-state index in [0.717, 1.165) is 23.1 Å². The lowest BCUT2D eigenvalue weighted by Gasteiger charge is -2.32. The molecule has 0 radical (unpaired) electrons. The Balaban J connectivity index is 1.87. The summed E-state index contributed by atoms with van der Waals surface area (Å²) in [7, 11) is 0. The van der Waals surface area contributed by atoms with E-state index >= 15 is 0 Å². The van der Waals surface area contributed by atoms with Crippen molar-refractivity contribution in [1.82, 2.24) is 10.2 Å². The third-order valence-electron chi connectivity index (χ3n) is 6.32. The SMILES string of the molecule is CC[C@@H](C)NC(=O)[C@@H](Cc1ccccc1)N(Cc1ccccc1C)C(=O)CSCc1ccccc1F. The van der Waals surface area contributed by atoms with Crippen LogP contribution >= 0.6 is 11.8 Å². The van der Waals surface area contributed by atoms with Crippen LogP contribution in [0.25, 0.3) is 0 Å². The van der Waals surface area contributed by atoms with Crippen molar-refractivity contribution in [2.24, 2.45) is 0 Å². The van der Waals surface area contributed by atoms with Gasteiger partial charge in [-0.2, -0.15) is 0 Å². The minimum atomic E-state index is -0.664. The summed E-state index contributed by atoms with van der Waals surface area (Å²) in [6.07, 6.45) is 1.22. The van der Waals surface area contributed by atoms with Gasteiger partial charge in [0.05, 0.1) is 5.75 Å². The summed E-state index contributed by atoms with van der Waals surface area (Å²) >= 11 is 1.36. The molecule has 2 atom stereocenters. The number of amides is 2. The third-order valence-corrected chi connectivity index (χ3v) is 7.28. The summed E-state index contributed by atoms with van der Waals surface area (Å²) in [4.78, 5) is 28.9. The van der Waals surface area contributed by atoms with Crippen LogP contribution in [-0.2, 0) is 28.3 Å². The monoisotopic (exact) mass is 506 g/mol. The fourth-order valence-corrected chi connectivity index (χ4v) is 4.81. The van der Waals surface area contributed by atoms with E-state index in [-0.39, 0.29) is 29.4 Å². The van der Waals surface area contributed by atoms with E-state index in [0.29, 0.717) is 24.3 Å². The molecule has 0 fully saturated rings. The van der Waals surface area contributed by atoms with Crippen molar-refractivity contribution in [3.05, 3.63) is 107 Å². The molecule has 3 aromatic rings. The van der Waals surface area contributed by atoms with Gasteiger partial charge in [-0.05, 0) is 48.6 Å². The molecule has 1 N–H and O–H groups in total. The molecular weight excluding hydrogens is 471 g/mol. The van der Waals surface area contributed by atoms with Crippen LogP contribution in [0.5, 0.6) is 0 Å². The zero-order chi connectivity index (χ0) is 25.9. The lowest BCUT2D eigenvalue weighted by Crippen LogP contribution is -2.52. The first kappa shape index (κ1) is 27.5. The number of rotatable bonds is 12. The second kappa shape index (κ2) is 13.8. The first-order valence-electron chi connectivity index (χ1n) is 12.4. The number of hydrogen-bond donors (Lipinski definition) is 1. The lowest BCUT2D eigenvalue weighted by molar-refractivity contribution is -0.139. The molecule has 0 aromatic heterocycles. The Bertz CT molecular complexity index is 1140. The Morgan fingerprint density at radius 1 is 0.944 bits per heavy atom. The number of nitrogens with zero attached hydrogens (tertiary/aromatic N) is 1. The fourth-order valence-electron chi connectivity index (χ4n) is 3.91. The molecule has 0 spiro atoms. The van der Waals surface area contributed by atoms with Crippen molar-refractivity contribution in [3.8, 4) is 0 Å². The first-order valence-corrected chi connectivity index (χ1v) is 13.5. The highest BCUT2D eigenvalue weighted by atomic mass is 32.2. The van der Waals surface area contributed by atoms with Crippen LogP contribution in [0.2, 0.25) is 0 Å². The molecule has 2 amide bonds. The van der Waals surface area contributed by atoms with Gasteiger partial charge in [0.15, 0.2) is 0 Å². The number of nitrogens with one attached hydrogen (secondary N) is 1. The summed E-state index contributed by atoms with van der Waals surface area (Å²) < 4.78 is 14.1. The molecule has 6 heteroatoms. The lowest BCUT2D eigenvalue weighted by atomic mass is 10.0. The maximum Gasteiger partial charge on any atom is 0.243 e. The van der Waals surface area contributed by atoms with Crippen molar-refractivity contribution in [2.75, 3.05) is 5.75 Å². The quantitative estimate of drug-likeness (QED) is 0.332. The number of benzene rings is 3. The summed E-state index contributed by atoms with van der Waals surface area (Å²) in [6.45, 7) is 6.33. The Kier molecular flexibility index (Phi) is 10.6. The zero-order valence-corrected chi connectivity index (χ0v) is 22.1. The number of hydrogen-bond acceptors (Lipinski definition) is 3. The molecule has 190 valence electrons. The number of carbonyl (C=O) groups excluding carboxylic acids is 2. The molecule has 0 saturated carbocycles. The molecular formula is C30H35FN2O2S. The standard InChI is InChI=1S/C30H35FN2O2S/c1-4-23(3)32-30(35)28(18-24-13-6-5-7-14-24)33(19-25-15-9-8-12-22(25)2)29(34)21-36-20-26-16-10-11-17-27(26)31/h5-17,23,28H,4,18-21H2,1-3H3,(H,32,35)/t23-,28-/m1/s1. The fraction of sp³-hybridized carbons (Fsp3) is 0.333. The van der Waals surface area contributed by atoms with Crippen LogP contribution in [0, 0.1) is 12.7 Å². The van der Waals surface area contributed by atoms with E-state index in [9.17, 15) is 14.0 Å². The van der Waals surface area contributed by atoms with E-state index in [1.54, 1.807) is 23.1 Å². The second-order valence-electron chi connectivity index (χ2n) is 9.06. The third kappa shape index (κ3) is 7.95. The van der Waals surface area contributed by atoms with Crippen LogP contribution < -0.4 is 5.32 Å². The molecule has 0 heterocycles. The molecule has 4 nitrogen and oxygen atoms in total. The average Bonchev–Trinajstić information content (AvgIpc) is 2.88. The Labute approximate surface area is 218 Å². The van der Waals surface area contributed by atoms with Gasteiger partial charge >= 0.3 is 0 Å². The first-order chi connectivity index (χ1) is 17.4. The van der Waals surface area contributed by atoms with Crippen LogP contribution in [0.15, 0.2) is 78.9 Å². The molecule has 0 aliphatic rings. The molecule has 3 aromatic carbocycles. The van der Waals surface area contributed by atoms with E-state index in [4.69, 9.17) is 0 Å². The van der Waals surface area contributed by atoms with Gasteiger partial charge in [-0.15, -0.1) is 11.8 Å². The molecule has 0 aliphatic carbocycles. The Hall–Kier alpha value is -3.12. The topological polar surface area (TPSA) is 49.4 Å². The molecule has 3 rings (SSSR count). The minimum Gasteiger partial charge on any atom is -0.352 e. The molecule has 0 unspecified atom stereocenters. The Morgan fingerprint density at radius 3 is 2.25 bits per heavy atom. The highest BCUT2D eigenvalue weighted by Gasteiger charge is 2.31. The van der Waals surface area contributed by atoms with Crippen LogP contribution in [0.3, 0.4) is 0 Å². The van der Waals surface area contributed by atoms with Crippen LogP contribution in [0.1, 0.15) is 42.5 Å². The van der Waals surface area contributed by atoms with Gasteiger partial charge in [-0.1, -0.05) is 79.7 Å². The predicted molar refractivity (Wildman–Crippen MR) is 146 cm³/mol. The summed E-state index contributed by atoms with van der Waals surface area (Å²) in [5, 5.41) is 3.09. The second-order valence-corrected chi connectivity index (χ2v) is 10.0. The minimum absolute atomic E-state index is 0.00150. The average molecular weight is 507 g/mol. The predicted octanol–water partition coefficient (Wildman–Crippen LogP) is 5.92. The molecule has 0 saturated heterocycles. The van der Waals surface area contributed by atoms with Gasteiger partial charge in [0.1, 0.15) is 11.9 Å². The molecule has 0 bridgehead atoms. The summed E-state index contributed by atoms with van der Waals surface area (Å²) in [6, 6.07) is 23.6. The number of halogens is 1. The highest BCUT2D eigenvalue weighted by molar-refractivity contribution is 7.99. The largest absolute Gasteiger partial charge is 0.352 e. The van der Waals surface area contributed by atoms with Gasteiger partial charge in [0.25, 0.3) is 0 Å². The maximum absolute atomic E-state index is 14.1. The number of carbonyl (C=O) groups is 2. The van der Waals surface area contributed by atoms with E-state index in [2.05, 4.69) is 5.32 Å². The van der Waals surface area contributed by atoms with Gasteiger partial charge in [0.2, 0.25) is 11.8 Å². The normalized spacial score (nSPS) is 12.6. The zero-order valence-electron chi connectivity index (χ0n) is 21.2. The molecule has 36 heavy (non-hydrogen) atoms.